The van der Waals surface area contributed by atoms with Crippen LogP contribution in [0.5, 0.6) is 0 Å². The summed E-state index contributed by atoms with van der Waals surface area (Å²) in [4.78, 5) is 7.93. The van der Waals surface area contributed by atoms with Crippen molar-refractivity contribution in [1.82, 2.24) is 9.97 Å². The Morgan fingerprint density at radius 3 is 2.22 bits per heavy atom. The van der Waals surface area contributed by atoms with Crippen molar-refractivity contribution in [2.24, 2.45) is 0 Å². The lowest BCUT2D eigenvalue weighted by Gasteiger charge is -2.13. The van der Waals surface area contributed by atoms with E-state index in [0.29, 0.717) is 11.6 Å². The number of aromatic nitrogens is 2. The first-order valence-corrected chi connectivity index (χ1v) is 6.19. The van der Waals surface area contributed by atoms with Crippen molar-refractivity contribution in [3.8, 4) is 0 Å². The number of hydrogen-bond donors (Lipinski definition) is 3. The van der Waals surface area contributed by atoms with Crippen LogP contribution >= 0.6 is 15.9 Å². The standard InChI is InChI=1S/C12H14BrN5/c1-6-3-8(13)4-7(2)11(6)17-10-5-9(14)16-12(15)18-10/h3-5H,1-2H3,(H5,14,15,16,17,18). The van der Waals surface area contributed by atoms with Gasteiger partial charge in [-0.05, 0) is 37.1 Å². The van der Waals surface area contributed by atoms with Crippen molar-refractivity contribution in [3.05, 3.63) is 33.8 Å². The lowest BCUT2D eigenvalue weighted by atomic mass is 10.1. The second kappa shape index (κ2) is 4.81. The van der Waals surface area contributed by atoms with Gasteiger partial charge in [-0.25, -0.2) is 0 Å². The minimum Gasteiger partial charge on any atom is -0.383 e. The van der Waals surface area contributed by atoms with Gasteiger partial charge in [0.2, 0.25) is 5.95 Å². The van der Waals surface area contributed by atoms with Crippen molar-refractivity contribution >= 4 is 39.2 Å². The van der Waals surface area contributed by atoms with Crippen LogP contribution in [0.4, 0.5) is 23.3 Å². The molecule has 2 rings (SSSR count). The van der Waals surface area contributed by atoms with E-state index in [1.54, 1.807) is 6.07 Å². The molecule has 0 unspecified atom stereocenters. The molecule has 0 aliphatic carbocycles. The van der Waals surface area contributed by atoms with Crippen LogP contribution < -0.4 is 16.8 Å². The molecule has 5 nitrogen and oxygen atoms in total. The fourth-order valence-corrected chi connectivity index (χ4v) is 2.47. The van der Waals surface area contributed by atoms with Crippen molar-refractivity contribution in [1.29, 1.82) is 0 Å². The van der Waals surface area contributed by atoms with Gasteiger partial charge in [0.1, 0.15) is 11.6 Å². The van der Waals surface area contributed by atoms with Crippen LogP contribution in [0.25, 0.3) is 0 Å². The van der Waals surface area contributed by atoms with Crippen LogP contribution in [0.1, 0.15) is 11.1 Å². The van der Waals surface area contributed by atoms with Crippen LogP contribution in [0.15, 0.2) is 22.7 Å². The highest BCUT2D eigenvalue weighted by Crippen LogP contribution is 2.27. The predicted octanol–water partition coefficient (Wildman–Crippen LogP) is 2.76. The van der Waals surface area contributed by atoms with Gasteiger partial charge in [-0.3, -0.25) is 0 Å². The third-order valence-electron chi connectivity index (χ3n) is 2.51. The van der Waals surface area contributed by atoms with E-state index in [0.717, 1.165) is 21.3 Å². The van der Waals surface area contributed by atoms with Crippen molar-refractivity contribution in [3.63, 3.8) is 0 Å². The smallest absolute Gasteiger partial charge is 0.223 e. The lowest BCUT2D eigenvalue weighted by Crippen LogP contribution is -2.04. The second-order valence-corrected chi connectivity index (χ2v) is 4.99. The highest BCUT2D eigenvalue weighted by atomic mass is 79.9. The molecule has 0 fully saturated rings. The summed E-state index contributed by atoms with van der Waals surface area (Å²) in [6.07, 6.45) is 0. The molecule has 0 aliphatic heterocycles. The van der Waals surface area contributed by atoms with Crippen molar-refractivity contribution in [2.45, 2.75) is 13.8 Å². The van der Waals surface area contributed by atoms with E-state index in [-0.39, 0.29) is 5.95 Å². The van der Waals surface area contributed by atoms with Gasteiger partial charge in [-0.2, -0.15) is 9.97 Å². The Morgan fingerprint density at radius 1 is 1.06 bits per heavy atom. The Labute approximate surface area is 114 Å². The highest BCUT2D eigenvalue weighted by molar-refractivity contribution is 9.10. The van der Waals surface area contributed by atoms with Gasteiger partial charge < -0.3 is 16.8 Å². The Kier molecular flexibility index (Phi) is 3.38. The maximum atomic E-state index is 5.63. The first-order chi connectivity index (χ1) is 8.45. The number of hydrogen-bond acceptors (Lipinski definition) is 5. The van der Waals surface area contributed by atoms with Gasteiger partial charge in [-0.1, -0.05) is 15.9 Å². The Balaban J connectivity index is 2.40. The quantitative estimate of drug-likeness (QED) is 0.793. The number of benzene rings is 1. The van der Waals surface area contributed by atoms with E-state index in [9.17, 15) is 0 Å². The normalized spacial score (nSPS) is 10.4. The van der Waals surface area contributed by atoms with Crippen molar-refractivity contribution in [2.75, 3.05) is 16.8 Å². The summed E-state index contributed by atoms with van der Waals surface area (Å²) in [5.41, 5.74) is 14.4. The summed E-state index contributed by atoms with van der Waals surface area (Å²) in [6.45, 7) is 4.04. The van der Waals surface area contributed by atoms with Crippen LogP contribution in [-0.2, 0) is 0 Å². The summed E-state index contributed by atoms with van der Waals surface area (Å²) in [5.74, 6) is 1.09. The molecule has 0 atom stereocenters. The molecule has 1 aromatic carbocycles. The molecule has 0 saturated heterocycles. The molecule has 1 heterocycles. The minimum absolute atomic E-state index is 0.157. The first kappa shape index (κ1) is 12.6. The number of nitrogens with one attached hydrogen (secondary N) is 1. The first-order valence-electron chi connectivity index (χ1n) is 5.39. The molecule has 0 amide bonds. The zero-order chi connectivity index (χ0) is 13.3. The van der Waals surface area contributed by atoms with E-state index in [2.05, 4.69) is 31.2 Å². The number of rotatable bonds is 2. The molecular weight excluding hydrogens is 294 g/mol. The third-order valence-corrected chi connectivity index (χ3v) is 2.97. The van der Waals surface area contributed by atoms with Crippen LogP contribution in [0, 0.1) is 13.8 Å². The highest BCUT2D eigenvalue weighted by Gasteiger charge is 2.06. The molecule has 0 spiro atoms. The number of halogens is 1. The van der Waals surface area contributed by atoms with Gasteiger partial charge in [0, 0.05) is 16.2 Å². The molecule has 94 valence electrons. The Morgan fingerprint density at radius 2 is 1.67 bits per heavy atom. The molecule has 0 saturated carbocycles. The third kappa shape index (κ3) is 2.70. The summed E-state index contributed by atoms with van der Waals surface area (Å²) in [6, 6.07) is 5.71. The topological polar surface area (TPSA) is 89.8 Å². The zero-order valence-electron chi connectivity index (χ0n) is 10.2. The lowest BCUT2D eigenvalue weighted by molar-refractivity contribution is 1.19. The van der Waals surface area contributed by atoms with Gasteiger partial charge >= 0.3 is 0 Å². The monoisotopic (exact) mass is 307 g/mol. The van der Waals surface area contributed by atoms with Gasteiger partial charge in [0.15, 0.2) is 0 Å². The largest absolute Gasteiger partial charge is 0.383 e. The van der Waals surface area contributed by atoms with Crippen LogP contribution in [-0.4, -0.2) is 9.97 Å². The molecule has 6 heteroatoms. The number of anilines is 4. The van der Waals surface area contributed by atoms with Crippen LogP contribution in [0.2, 0.25) is 0 Å². The summed E-state index contributed by atoms with van der Waals surface area (Å²) in [7, 11) is 0. The molecule has 18 heavy (non-hydrogen) atoms. The maximum Gasteiger partial charge on any atom is 0.223 e. The molecule has 0 bridgehead atoms. The zero-order valence-corrected chi connectivity index (χ0v) is 11.7. The van der Waals surface area contributed by atoms with E-state index < -0.39 is 0 Å². The summed E-state index contributed by atoms with van der Waals surface area (Å²) < 4.78 is 1.05. The molecule has 0 aliphatic rings. The number of aryl methyl sites for hydroxylation is 2. The van der Waals surface area contributed by atoms with Gasteiger partial charge in [0.25, 0.3) is 0 Å². The molecule has 5 N–H and O–H groups in total. The fraction of sp³-hybridized carbons (Fsp3) is 0.167. The minimum atomic E-state index is 0.157. The molecule has 2 aromatic rings. The number of nitrogen functional groups attached to an aromatic ring is 2. The number of nitrogens with two attached hydrogens (primary N) is 2. The van der Waals surface area contributed by atoms with Crippen molar-refractivity contribution < 1.29 is 0 Å². The predicted molar refractivity (Wildman–Crippen MR) is 77.8 cm³/mol. The molecular formula is C12H14BrN5. The summed E-state index contributed by atoms with van der Waals surface area (Å²) in [5, 5.41) is 3.22. The van der Waals surface area contributed by atoms with E-state index in [4.69, 9.17) is 11.5 Å². The van der Waals surface area contributed by atoms with Crippen LogP contribution in [0.3, 0.4) is 0 Å². The van der Waals surface area contributed by atoms with Gasteiger partial charge in [0.05, 0.1) is 0 Å². The number of nitrogens with zero attached hydrogens (tertiary/aromatic N) is 2. The Hall–Kier alpha value is -1.82. The van der Waals surface area contributed by atoms with E-state index in [1.807, 2.05) is 26.0 Å². The second-order valence-electron chi connectivity index (χ2n) is 4.08. The van der Waals surface area contributed by atoms with E-state index >= 15 is 0 Å². The molecule has 1 aromatic heterocycles. The average molecular weight is 308 g/mol. The van der Waals surface area contributed by atoms with E-state index in [1.165, 1.54) is 0 Å². The fourth-order valence-electron chi connectivity index (χ4n) is 1.79. The van der Waals surface area contributed by atoms with Gasteiger partial charge in [-0.15, -0.1) is 0 Å². The SMILES string of the molecule is Cc1cc(Br)cc(C)c1Nc1cc(N)nc(N)n1. The average Bonchev–Trinajstić information content (AvgIpc) is 2.22. The summed E-state index contributed by atoms with van der Waals surface area (Å²) >= 11 is 3.46. The molecule has 0 radical (unpaired) electrons. The Bertz CT molecular complexity index is 554. The maximum absolute atomic E-state index is 5.63.